The van der Waals surface area contributed by atoms with Gasteiger partial charge in [0.15, 0.2) is 0 Å². The van der Waals surface area contributed by atoms with Crippen molar-refractivity contribution in [3.05, 3.63) is 24.3 Å². The summed E-state index contributed by atoms with van der Waals surface area (Å²) in [7, 11) is 0. The summed E-state index contributed by atoms with van der Waals surface area (Å²) in [5.74, 6) is 0. The Morgan fingerprint density at radius 2 is 1.60 bits per heavy atom. The molecule has 2 aliphatic heterocycles. The molecule has 0 radical (unpaired) electrons. The van der Waals surface area contributed by atoms with Crippen LogP contribution in [-0.4, -0.2) is 31.7 Å². The normalized spacial score (nSPS) is 27.7. The minimum atomic E-state index is 0.383. The maximum absolute atomic E-state index is 6.05. The van der Waals surface area contributed by atoms with Crippen molar-refractivity contribution in [3.63, 3.8) is 0 Å². The number of hydrogen-bond acceptors (Lipinski definition) is 3. The molecule has 0 amide bonds. The first-order chi connectivity index (χ1) is 9.74. The van der Waals surface area contributed by atoms with Crippen LogP contribution < -0.4 is 15.5 Å². The molecule has 0 bridgehead atoms. The summed E-state index contributed by atoms with van der Waals surface area (Å²) in [6.07, 6.45) is 6.28. The lowest BCUT2D eigenvalue weighted by atomic mass is 9.98. The number of piperidine rings is 2. The van der Waals surface area contributed by atoms with Crippen molar-refractivity contribution in [3.8, 4) is 0 Å². The predicted molar refractivity (Wildman–Crippen MR) is 86.5 cm³/mol. The SMILES string of the molecule is CC1CC(N)CCN1c1ccc(N2CCCCC2)cc1. The number of benzene rings is 1. The first-order valence-electron chi connectivity index (χ1n) is 8.11. The van der Waals surface area contributed by atoms with Crippen molar-refractivity contribution < 1.29 is 0 Å². The van der Waals surface area contributed by atoms with Gasteiger partial charge in [0.05, 0.1) is 0 Å². The molecule has 0 saturated carbocycles. The summed E-state index contributed by atoms with van der Waals surface area (Å²) < 4.78 is 0. The summed E-state index contributed by atoms with van der Waals surface area (Å²) >= 11 is 0. The third kappa shape index (κ3) is 2.93. The highest BCUT2D eigenvalue weighted by molar-refractivity contribution is 5.57. The number of hydrogen-bond donors (Lipinski definition) is 1. The van der Waals surface area contributed by atoms with E-state index in [2.05, 4.69) is 41.0 Å². The van der Waals surface area contributed by atoms with E-state index in [1.165, 1.54) is 43.7 Å². The molecule has 3 nitrogen and oxygen atoms in total. The Kier molecular flexibility index (Phi) is 4.16. The molecule has 3 rings (SSSR count). The van der Waals surface area contributed by atoms with Crippen LogP contribution in [0.1, 0.15) is 39.0 Å². The number of nitrogens with two attached hydrogens (primary N) is 1. The number of nitrogens with zero attached hydrogens (tertiary/aromatic N) is 2. The fraction of sp³-hybridized carbons (Fsp3) is 0.647. The van der Waals surface area contributed by atoms with Gasteiger partial charge in [0.2, 0.25) is 0 Å². The minimum absolute atomic E-state index is 0.383. The van der Waals surface area contributed by atoms with Crippen LogP contribution in [0.4, 0.5) is 11.4 Å². The second-order valence-electron chi connectivity index (χ2n) is 6.39. The van der Waals surface area contributed by atoms with Gasteiger partial charge in [0, 0.05) is 43.1 Å². The van der Waals surface area contributed by atoms with Gasteiger partial charge in [-0.25, -0.2) is 0 Å². The zero-order chi connectivity index (χ0) is 13.9. The number of rotatable bonds is 2. The summed E-state index contributed by atoms with van der Waals surface area (Å²) in [5.41, 5.74) is 8.79. The van der Waals surface area contributed by atoms with E-state index in [0.717, 1.165) is 19.4 Å². The monoisotopic (exact) mass is 273 g/mol. The third-order valence-corrected chi connectivity index (χ3v) is 4.82. The van der Waals surface area contributed by atoms with E-state index < -0.39 is 0 Å². The van der Waals surface area contributed by atoms with E-state index in [-0.39, 0.29) is 0 Å². The molecule has 2 unspecified atom stereocenters. The van der Waals surface area contributed by atoms with E-state index in [1.807, 2.05) is 0 Å². The Bertz CT molecular complexity index is 422. The zero-order valence-electron chi connectivity index (χ0n) is 12.6. The molecule has 1 aromatic carbocycles. The highest BCUT2D eigenvalue weighted by Gasteiger charge is 2.23. The Morgan fingerprint density at radius 1 is 0.950 bits per heavy atom. The highest BCUT2D eigenvalue weighted by Crippen LogP contribution is 2.27. The van der Waals surface area contributed by atoms with Crippen LogP contribution in [0, 0.1) is 0 Å². The molecule has 2 saturated heterocycles. The van der Waals surface area contributed by atoms with Crippen LogP contribution in [0.3, 0.4) is 0 Å². The third-order valence-electron chi connectivity index (χ3n) is 4.82. The van der Waals surface area contributed by atoms with Crippen LogP contribution in [0.2, 0.25) is 0 Å². The summed E-state index contributed by atoms with van der Waals surface area (Å²) in [6, 6.07) is 10.1. The molecule has 110 valence electrons. The van der Waals surface area contributed by atoms with Crippen LogP contribution in [0.5, 0.6) is 0 Å². The molecule has 3 heteroatoms. The molecule has 0 spiro atoms. The van der Waals surface area contributed by atoms with Crippen molar-refractivity contribution in [1.82, 2.24) is 0 Å². The molecular formula is C17H27N3. The van der Waals surface area contributed by atoms with Gasteiger partial charge >= 0.3 is 0 Å². The molecule has 1 aromatic rings. The second-order valence-corrected chi connectivity index (χ2v) is 6.39. The van der Waals surface area contributed by atoms with Gasteiger partial charge in [-0.05, 0) is 63.3 Å². The van der Waals surface area contributed by atoms with Crippen molar-refractivity contribution in [2.45, 2.75) is 51.1 Å². The maximum atomic E-state index is 6.05. The summed E-state index contributed by atoms with van der Waals surface area (Å²) in [4.78, 5) is 5.02. The average molecular weight is 273 g/mol. The van der Waals surface area contributed by atoms with Crippen LogP contribution >= 0.6 is 0 Å². The summed E-state index contributed by atoms with van der Waals surface area (Å²) in [5, 5.41) is 0. The predicted octanol–water partition coefficient (Wildman–Crippen LogP) is 2.99. The molecule has 0 aliphatic carbocycles. The van der Waals surface area contributed by atoms with Crippen molar-refractivity contribution in [2.75, 3.05) is 29.4 Å². The first kappa shape index (κ1) is 13.7. The first-order valence-corrected chi connectivity index (χ1v) is 8.11. The molecule has 2 atom stereocenters. The lowest BCUT2D eigenvalue weighted by Crippen LogP contribution is -2.45. The van der Waals surface area contributed by atoms with Crippen molar-refractivity contribution in [2.24, 2.45) is 5.73 Å². The van der Waals surface area contributed by atoms with Gasteiger partial charge in [-0.1, -0.05) is 0 Å². The fourth-order valence-electron chi connectivity index (χ4n) is 3.60. The number of anilines is 2. The summed E-state index contributed by atoms with van der Waals surface area (Å²) in [6.45, 7) is 5.81. The van der Waals surface area contributed by atoms with Crippen molar-refractivity contribution in [1.29, 1.82) is 0 Å². The van der Waals surface area contributed by atoms with Gasteiger partial charge in [-0.2, -0.15) is 0 Å². The fourth-order valence-corrected chi connectivity index (χ4v) is 3.60. The molecule has 0 aromatic heterocycles. The Labute approximate surface area is 122 Å². The van der Waals surface area contributed by atoms with Crippen LogP contribution in [0.25, 0.3) is 0 Å². The molecule has 2 aliphatic rings. The lowest BCUT2D eigenvalue weighted by molar-refractivity contribution is 0.430. The minimum Gasteiger partial charge on any atom is -0.372 e. The molecule has 2 N–H and O–H groups in total. The standard InChI is InChI=1S/C17H27N3/c1-14-13-15(18)9-12-20(14)17-7-5-16(6-8-17)19-10-3-2-4-11-19/h5-8,14-15H,2-4,9-13,18H2,1H3. The molecule has 2 heterocycles. The molecular weight excluding hydrogens is 246 g/mol. The van der Waals surface area contributed by atoms with Crippen LogP contribution in [0.15, 0.2) is 24.3 Å². The van der Waals surface area contributed by atoms with Gasteiger partial charge in [0.1, 0.15) is 0 Å². The van der Waals surface area contributed by atoms with E-state index in [9.17, 15) is 0 Å². The maximum Gasteiger partial charge on any atom is 0.0370 e. The molecule has 20 heavy (non-hydrogen) atoms. The van der Waals surface area contributed by atoms with Gasteiger partial charge < -0.3 is 15.5 Å². The van der Waals surface area contributed by atoms with E-state index in [4.69, 9.17) is 5.73 Å². The highest BCUT2D eigenvalue weighted by atomic mass is 15.2. The smallest absolute Gasteiger partial charge is 0.0370 e. The second kappa shape index (κ2) is 6.04. The molecule has 2 fully saturated rings. The average Bonchev–Trinajstić information content (AvgIpc) is 2.48. The topological polar surface area (TPSA) is 32.5 Å². The Balaban J connectivity index is 1.69. The quantitative estimate of drug-likeness (QED) is 0.899. The van der Waals surface area contributed by atoms with Crippen LogP contribution in [-0.2, 0) is 0 Å². The lowest BCUT2D eigenvalue weighted by Gasteiger charge is -2.38. The van der Waals surface area contributed by atoms with E-state index >= 15 is 0 Å². The largest absolute Gasteiger partial charge is 0.372 e. The van der Waals surface area contributed by atoms with Gasteiger partial charge in [-0.3, -0.25) is 0 Å². The van der Waals surface area contributed by atoms with Crippen molar-refractivity contribution >= 4 is 11.4 Å². The van der Waals surface area contributed by atoms with E-state index in [0.29, 0.717) is 12.1 Å². The van der Waals surface area contributed by atoms with Gasteiger partial charge in [0.25, 0.3) is 0 Å². The Morgan fingerprint density at radius 3 is 2.25 bits per heavy atom. The zero-order valence-corrected chi connectivity index (χ0v) is 12.6. The Hall–Kier alpha value is -1.22. The van der Waals surface area contributed by atoms with E-state index in [1.54, 1.807) is 0 Å². The van der Waals surface area contributed by atoms with Gasteiger partial charge in [-0.15, -0.1) is 0 Å².